The van der Waals surface area contributed by atoms with E-state index in [0.29, 0.717) is 12.5 Å². The molecule has 27 heavy (non-hydrogen) atoms. The van der Waals surface area contributed by atoms with E-state index in [-0.39, 0.29) is 5.56 Å². The molecule has 0 saturated heterocycles. The van der Waals surface area contributed by atoms with Gasteiger partial charge < -0.3 is 10.8 Å². The van der Waals surface area contributed by atoms with Gasteiger partial charge in [0, 0.05) is 12.7 Å². The minimum Gasteiger partial charge on any atom is -0.477 e. The van der Waals surface area contributed by atoms with Crippen molar-refractivity contribution < 1.29 is 9.90 Å². The van der Waals surface area contributed by atoms with E-state index in [2.05, 4.69) is 0 Å². The van der Waals surface area contributed by atoms with Crippen LogP contribution < -0.4 is 11.3 Å². The van der Waals surface area contributed by atoms with Crippen LogP contribution in [-0.4, -0.2) is 15.5 Å². The molecule has 0 spiro atoms. The topological polar surface area (TPSA) is 84.8 Å². The molecule has 0 radical (unpaired) electrons. The second-order valence-electron chi connectivity index (χ2n) is 7.23. The van der Waals surface area contributed by atoms with Crippen LogP contribution in [0.15, 0.2) is 47.4 Å². The third-order valence-electron chi connectivity index (χ3n) is 5.69. The number of hydrogen-bond acceptors (Lipinski definition) is 3. The molecule has 0 bridgehead atoms. The van der Waals surface area contributed by atoms with Gasteiger partial charge in [0.25, 0.3) is 5.56 Å². The monoisotopic (exact) mass is 362 g/mol. The smallest absolute Gasteiger partial charge is 0.341 e. The van der Waals surface area contributed by atoms with Gasteiger partial charge in [0.1, 0.15) is 5.56 Å². The summed E-state index contributed by atoms with van der Waals surface area (Å²) < 4.78 is 1.50. The minimum absolute atomic E-state index is 0.158. The molecule has 0 atom stereocenters. The Balaban J connectivity index is 1.99. The normalized spacial score (nSPS) is 14.3. The van der Waals surface area contributed by atoms with Gasteiger partial charge in [-0.25, -0.2) is 4.79 Å². The largest absolute Gasteiger partial charge is 0.477 e. The average molecular weight is 362 g/mol. The lowest BCUT2D eigenvalue weighted by Gasteiger charge is -2.28. The van der Waals surface area contributed by atoms with E-state index in [1.807, 2.05) is 37.3 Å². The molecule has 5 nitrogen and oxygen atoms in total. The highest BCUT2D eigenvalue weighted by Gasteiger charge is 2.26. The molecule has 3 N–H and O–H groups in total. The quantitative estimate of drug-likeness (QED) is 0.741. The number of fused-ring (bicyclic) bond motifs is 1. The van der Waals surface area contributed by atoms with Gasteiger partial charge in [0.05, 0.1) is 5.52 Å². The second kappa shape index (κ2) is 6.67. The van der Waals surface area contributed by atoms with Crippen LogP contribution in [0.2, 0.25) is 0 Å². The van der Waals surface area contributed by atoms with Gasteiger partial charge in [0.2, 0.25) is 0 Å². The zero-order chi connectivity index (χ0) is 19.1. The van der Waals surface area contributed by atoms with Crippen LogP contribution in [0.3, 0.4) is 0 Å². The summed E-state index contributed by atoms with van der Waals surface area (Å²) in [5.41, 5.74) is 11.0. The number of aryl methyl sites for hydroxylation is 1. The lowest BCUT2D eigenvalue weighted by atomic mass is 9.78. The Bertz CT molecular complexity index is 1090. The standard InChI is InChI=1S/C22H22N2O3/c1-13-17(16-7-5-14(12-23)6-8-16)9-10-24-20(13)18(15-3-2-4-15)11-19(21(24)25)22(26)27/h5-11,15H,2-4,12,23H2,1H3,(H,26,27). The lowest BCUT2D eigenvalue weighted by Crippen LogP contribution is -2.25. The highest BCUT2D eigenvalue weighted by molar-refractivity contribution is 5.89. The van der Waals surface area contributed by atoms with Crippen molar-refractivity contribution in [3.8, 4) is 11.1 Å². The molecule has 0 aliphatic heterocycles. The van der Waals surface area contributed by atoms with Crippen LogP contribution >= 0.6 is 0 Å². The fourth-order valence-corrected chi connectivity index (χ4v) is 3.91. The number of carbonyl (C=O) groups is 1. The SMILES string of the molecule is Cc1c(-c2ccc(CN)cc2)ccn2c(=O)c(C(=O)O)cc(C3CCC3)c12. The summed E-state index contributed by atoms with van der Waals surface area (Å²) in [7, 11) is 0. The van der Waals surface area contributed by atoms with Crippen molar-refractivity contribution in [2.45, 2.75) is 38.6 Å². The molecule has 1 aliphatic rings. The molecule has 3 aromatic rings. The maximum atomic E-state index is 12.7. The molecule has 1 fully saturated rings. The van der Waals surface area contributed by atoms with Crippen LogP contribution in [0, 0.1) is 6.92 Å². The Kier molecular flexibility index (Phi) is 4.32. The summed E-state index contributed by atoms with van der Waals surface area (Å²) in [6, 6.07) is 11.6. The van der Waals surface area contributed by atoms with Gasteiger partial charge in [0.15, 0.2) is 0 Å². The fraction of sp³-hybridized carbons (Fsp3) is 0.273. The number of pyridine rings is 2. The minimum atomic E-state index is -1.17. The van der Waals surface area contributed by atoms with E-state index in [1.54, 1.807) is 12.3 Å². The van der Waals surface area contributed by atoms with Crippen molar-refractivity contribution in [3.05, 3.63) is 75.2 Å². The zero-order valence-electron chi connectivity index (χ0n) is 15.2. The summed E-state index contributed by atoms with van der Waals surface area (Å²) in [6.07, 6.45) is 4.90. The molecule has 5 heteroatoms. The maximum Gasteiger partial charge on any atom is 0.341 e. The first-order valence-electron chi connectivity index (χ1n) is 9.22. The molecule has 4 rings (SSSR count). The number of carboxylic acid groups (broad SMARTS) is 1. The number of hydrogen-bond donors (Lipinski definition) is 2. The predicted molar refractivity (Wildman–Crippen MR) is 105 cm³/mol. The zero-order valence-corrected chi connectivity index (χ0v) is 15.2. The van der Waals surface area contributed by atoms with E-state index >= 15 is 0 Å². The predicted octanol–water partition coefficient (Wildman–Crippen LogP) is 3.70. The first-order valence-corrected chi connectivity index (χ1v) is 9.22. The van der Waals surface area contributed by atoms with E-state index in [1.165, 1.54) is 4.40 Å². The van der Waals surface area contributed by atoms with Crippen LogP contribution in [0.1, 0.15) is 52.2 Å². The first kappa shape index (κ1) is 17.5. The van der Waals surface area contributed by atoms with Crippen LogP contribution in [-0.2, 0) is 6.54 Å². The third-order valence-corrected chi connectivity index (χ3v) is 5.69. The number of benzene rings is 1. The summed E-state index contributed by atoms with van der Waals surface area (Å²) in [5, 5.41) is 9.45. The van der Waals surface area contributed by atoms with Gasteiger partial charge in [-0.2, -0.15) is 0 Å². The van der Waals surface area contributed by atoms with Crippen LogP contribution in [0.25, 0.3) is 16.6 Å². The first-order chi connectivity index (χ1) is 13.0. The van der Waals surface area contributed by atoms with Crippen LogP contribution in [0.5, 0.6) is 0 Å². The van der Waals surface area contributed by atoms with E-state index in [4.69, 9.17) is 5.73 Å². The summed E-state index contributed by atoms with van der Waals surface area (Å²) in [6.45, 7) is 2.50. The van der Waals surface area contributed by atoms with Gasteiger partial charge >= 0.3 is 5.97 Å². The van der Waals surface area contributed by atoms with Gasteiger partial charge in [-0.3, -0.25) is 9.20 Å². The number of aromatic carboxylic acids is 1. The molecule has 1 saturated carbocycles. The van der Waals surface area contributed by atoms with Crippen molar-refractivity contribution in [2.24, 2.45) is 5.73 Å². The van der Waals surface area contributed by atoms with Gasteiger partial charge in [-0.05, 0) is 65.6 Å². The van der Waals surface area contributed by atoms with Crippen LogP contribution in [0.4, 0.5) is 0 Å². The lowest BCUT2D eigenvalue weighted by molar-refractivity contribution is 0.0694. The molecule has 1 aliphatic carbocycles. The second-order valence-corrected chi connectivity index (χ2v) is 7.23. The highest BCUT2D eigenvalue weighted by atomic mass is 16.4. The van der Waals surface area contributed by atoms with Crippen molar-refractivity contribution in [1.82, 2.24) is 4.40 Å². The molecule has 0 unspecified atom stereocenters. The molecule has 0 amide bonds. The van der Waals surface area contributed by atoms with Crippen molar-refractivity contribution in [1.29, 1.82) is 0 Å². The average Bonchev–Trinajstić information content (AvgIpc) is 2.62. The Morgan fingerprint density at radius 2 is 1.93 bits per heavy atom. The molecule has 1 aromatic carbocycles. The number of nitrogens with two attached hydrogens (primary N) is 1. The Labute approximate surface area is 157 Å². The van der Waals surface area contributed by atoms with Crippen molar-refractivity contribution in [3.63, 3.8) is 0 Å². The molecule has 2 heterocycles. The van der Waals surface area contributed by atoms with Crippen molar-refractivity contribution in [2.75, 3.05) is 0 Å². The number of aromatic nitrogens is 1. The van der Waals surface area contributed by atoms with Gasteiger partial charge in [-0.15, -0.1) is 0 Å². The van der Waals surface area contributed by atoms with E-state index in [0.717, 1.165) is 52.6 Å². The summed E-state index contributed by atoms with van der Waals surface area (Å²) in [4.78, 5) is 24.3. The number of carboxylic acids is 1. The molecular formula is C22H22N2O3. The Morgan fingerprint density at radius 1 is 1.22 bits per heavy atom. The van der Waals surface area contributed by atoms with Gasteiger partial charge in [-0.1, -0.05) is 30.7 Å². The van der Waals surface area contributed by atoms with Crippen molar-refractivity contribution >= 4 is 11.5 Å². The maximum absolute atomic E-state index is 12.7. The third kappa shape index (κ3) is 2.84. The molecule has 2 aromatic heterocycles. The Hall–Kier alpha value is -2.92. The summed E-state index contributed by atoms with van der Waals surface area (Å²) in [5.74, 6) is -0.860. The number of rotatable bonds is 4. The summed E-state index contributed by atoms with van der Waals surface area (Å²) >= 11 is 0. The Morgan fingerprint density at radius 3 is 2.48 bits per heavy atom. The highest BCUT2D eigenvalue weighted by Crippen LogP contribution is 2.40. The number of nitrogens with zero attached hydrogens (tertiary/aromatic N) is 1. The van der Waals surface area contributed by atoms with E-state index in [9.17, 15) is 14.7 Å². The molecular weight excluding hydrogens is 340 g/mol. The fourth-order valence-electron chi connectivity index (χ4n) is 3.91. The molecule has 138 valence electrons. The van der Waals surface area contributed by atoms with E-state index < -0.39 is 11.5 Å².